The quantitative estimate of drug-likeness (QED) is 0.863. The van der Waals surface area contributed by atoms with Gasteiger partial charge in [-0.25, -0.2) is 0 Å². The van der Waals surface area contributed by atoms with Gasteiger partial charge in [0.15, 0.2) is 0 Å². The molecule has 1 aliphatic heterocycles. The molecule has 18 heavy (non-hydrogen) atoms. The van der Waals surface area contributed by atoms with E-state index in [0.29, 0.717) is 6.04 Å². The Balaban J connectivity index is 2.09. The molecule has 100 valence electrons. The molecule has 1 aromatic carbocycles. The first-order valence-corrected chi connectivity index (χ1v) is 6.97. The summed E-state index contributed by atoms with van der Waals surface area (Å²) in [5.74, 6) is 0. The molecule has 1 N–H and O–H groups in total. The molecule has 1 aliphatic rings. The average molecular weight is 248 g/mol. The number of ether oxygens (including phenoxy) is 1. The Morgan fingerprint density at radius 2 is 2.11 bits per heavy atom. The van der Waals surface area contributed by atoms with E-state index in [2.05, 4.69) is 54.4 Å². The van der Waals surface area contributed by atoms with Crippen molar-refractivity contribution in [3.63, 3.8) is 0 Å². The molecule has 0 saturated carbocycles. The Kier molecular flexibility index (Phi) is 5.17. The van der Waals surface area contributed by atoms with Crippen LogP contribution in [0, 0.1) is 0 Å². The van der Waals surface area contributed by atoms with E-state index in [-0.39, 0.29) is 6.10 Å². The lowest BCUT2D eigenvalue weighted by Gasteiger charge is -2.37. The van der Waals surface area contributed by atoms with Crippen LogP contribution in [0.15, 0.2) is 30.3 Å². The van der Waals surface area contributed by atoms with Crippen LogP contribution in [0.3, 0.4) is 0 Å². The second kappa shape index (κ2) is 6.88. The van der Waals surface area contributed by atoms with E-state index in [9.17, 15) is 0 Å². The zero-order valence-electron chi connectivity index (χ0n) is 11.4. The van der Waals surface area contributed by atoms with Crippen molar-refractivity contribution in [2.45, 2.75) is 26.0 Å². The number of likely N-dealkylation sites (N-methyl/N-ethyl adjacent to an activating group) is 2. The van der Waals surface area contributed by atoms with Crippen molar-refractivity contribution in [3.8, 4) is 0 Å². The van der Waals surface area contributed by atoms with Crippen molar-refractivity contribution in [2.75, 3.05) is 32.8 Å². The predicted molar refractivity (Wildman–Crippen MR) is 74.7 cm³/mol. The maximum atomic E-state index is 5.97. The van der Waals surface area contributed by atoms with Crippen LogP contribution >= 0.6 is 0 Å². The third-order valence-electron chi connectivity index (χ3n) is 3.58. The van der Waals surface area contributed by atoms with Gasteiger partial charge in [0.25, 0.3) is 0 Å². The summed E-state index contributed by atoms with van der Waals surface area (Å²) in [5, 5.41) is 3.56. The van der Waals surface area contributed by atoms with E-state index in [0.717, 1.165) is 32.8 Å². The summed E-state index contributed by atoms with van der Waals surface area (Å²) in [5.41, 5.74) is 1.32. The van der Waals surface area contributed by atoms with E-state index < -0.39 is 0 Å². The van der Waals surface area contributed by atoms with E-state index in [1.807, 2.05) is 0 Å². The van der Waals surface area contributed by atoms with Gasteiger partial charge in [-0.2, -0.15) is 0 Å². The van der Waals surface area contributed by atoms with E-state index >= 15 is 0 Å². The SMILES string of the molecule is CCNC(c1ccccc1)C1CN(CC)CCO1. The van der Waals surface area contributed by atoms with Crippen molar-refractivity contribution in [1.29, 1.82) is 0 Å². The second-order valence-corrected chi connectivity index (χ2v) is 4.75. The minimum Gasteiger partial charge on any atom is -0.374 e. The molecule has 2 unspecified atom stereocenters. The third-order valence-corrected chi connectivity index (χ3v) is 3.58. The topological polar surface area (TPSA) is 24.5 Å². The predicted octanol–water partition coefficient (Wildman–Crippen LogP) is 2.06. The zero-order valence-corrected chi connectivity index (χ0v) is 11.4. The van der Waals surface area contributed by atoms with E-state index in [1.54, 1.807) is 0 Å². The summed E-state index contributed by atoms with van der Waals surface area (Å²) in [6.07, 6.45) is 0.251. The number of morpholine rings is 1. The van der Waals surface area contributed by atoms with Crippen molar-refractivity contribution in [3.05, 3.63) is 35.9 Å². The first kappa shape index (κ1) is 13.5. The summed E-state index contributed by atoms with van der Waals surface area (Å²) in [4.78, 5) is 2.46. The van der Waals surface area contributed by atoms with Gasteiger partial charge in [-0.15, -0.1) is 0 Å². The van der Waals surface area contributed by atoms with Gasteiger partial charge in [-0.05, 0) is 18.7 Å². The van der Waals surface area contributed by atoms with Crippen molar-refractivity contribution in [1.82, 2.24) is 10.2 Å². The van der Waals surface area contributed by atoms with Crippen LogP contribution in [0.5, 0.6) is 0 Å². The van der Waals surface area contributed by atoms with Crippen molar-refractivity contribution < 1.29 is 4.74 Å². The third kappa shape index (κ3) is 3.31. The van der Waals surface area contributed by atoms with Gasteiger partial charge in [0.1, 0.15) is 0 Å². The highest BCUT2D eigenvalue weighted by atomic mass is 16.5. The fraction of sp³-hybridized carbons (Fsp3) is 0.600. The van der Waals surface area contributed by atoms with Gasteiger partial charge in [0, 0.05) is 13.1 Å². The number of hydrogen-bond acceptors (Lipinski definition) is 3. The van der Waals surface area contributed by atoms with Crippen LogP contribution in [0.25, 0.3) is 0 Å². The molecule has 1 aromatic rings. The smallest absolute Gasteiger partial charge is 0.0896 e. The van der Waals surface area contributed by atoms with Crippen LogP contribution < -0.4 is 5.32 Å². The van der Waals surface area contributed by atoms with Crippen molar-refractivity contribution in [2.24, 2.45) is 0 Å². The van der Waals surface area contributed by atoms with Crippen LogP contribution in [0.4, 0.5) is 0 Å². The Morgan fingerprint density at radius 1 is 1.33 bits per heavy atom. The molecule has 0 aliphatic carbocycles. The van der Waals surface area contributed by atoms with Crippen LogP contribution in [0.1, 0.15) is 25.5 Å². The summed E-state index contributed by atoms with van der Waals surface area (Å²) in [6, 6.07) is 10.9. The number of nitrogens with zero attached hydrogens (tertiary/aromatic N) is 1. The Labute approximate surface area is 110 Å². The van der Waals surface area contributed by atoms with E-state index in [4.69, 9.17) is 4.74 Å². The molecule has 1 heterocycles. The minimum absolute atomic E-state index is 0.251. The monoisotopic (exact) mass is 248 g/mol. The van der Waals surface area contributed by atoms with Crippen molar-refractivity contribution >= 4 is 0 Å². The normalized spacial score (nSPS) is 22.9. The highest BCUT2D eigenvalue weighted by molar-refractivity contribution is 5.20. The van der Waals surface area contributed by atoms with Gasteiger partial charge >= 0.3 is 0 Å². The van der Waals surface area contributed by atoms with Gasteiger partial charge in [-0.3, -0.25) is 4.90 Å². The summed E-state index contributed by atoms with van der Waals surface area (Å²) in [7, 11) is 0. The molecule has 0 radical (unpaired) electrons. The summed E-state index contributed by atoms with van der Waals surface area (Å²) < 4.78 is 5.97. The number of rotatable bonds is 5. The summed E-state index contributed by atoms with van der Waals surface area (Å²) >= 11 is 0. The molecular weight excluding hydrogens is 224 g/mol. The highest BCUT2D eigenvalue weighted by Gasteiger charge is 2.27. The molecule has 1 saturated heterocycles. The van der Waals surface area contributed by atoms with Gasteiger partial charge in [0.2, 0.25) is 0 Å². The van der Waals surface area contributed by atoms with Crippen LogP contribution in [-0.4, -0.2) is 43.8 Å². The Morgan fingerprint density at radius 3 is 2.78 bits per heavy atom. The van der Waals surface area contributed by atoms with Crippen LogP contribution in [0.2, 0.25) is 0 Å². The van der Waals surface area contributed by atoms with Gasteiger partial charge in [0.05, 0.1) is 18.8 Å². The Hall–Kier alpha value is -0.900. The maximum Gasteiger partial charge on any atom is 0.0896 e. The molecule has 2 atom stereocenters. The standard InChI is InChI=1S/C15H24N2O/c1-3-16-15(13-8-6-5-7-9-13)14-12-17(4-2)10-11-18-14/h5-9,14-16H,3-4,10-12H2,1-2H3. The minimum atomic E-state index is 0.251. The lowest BCUT2D eigenvalue weighted by molar-refractivity contribution is -0.0453. The summed E-state index contributed by atoms with van der Waals surface area (Å²) in [6.45, 7) is 9.35. The molecular formula is C15H24N2O. The van der Waals surface area contributed by atoms with Crippen LogP contribution in [-0.2, 0) is 4.74 Å². The lowest BCUT2D eigenvalue weighted by atomic mass is 10.00. The number of benzene rings is 1. The fourth-order valence-corrected chi connectivity index (χ4v) is 2.56. The van der Waals surface area contributed by atoms with Gasteiger partial charge in [-0.1, -0.05) is 44.2 Å². The molecule has 0 bridgehead atoms. The second-order valence-electron chi connectivity index (χ2n) is 4.75. The lowest BCUT2D eigenvalue weighted by Crippen LogP contribution is -2.48. The molecule has 2 rings (SSSR count). The molecule has 3 heteroatoms. The molecule has 0 aromatic heterocycles. The molecule has 0 amide bonds. The molecule has 0 spiro atoms. The fourth-order valence-electron chi connectivity index (χ4n) is 2.56. The highest BCUT2D eigenvalue weighted by Crippen LogP contribution is 2.22. The Bertz CT molecular complexity index is 342. The largest absolute Gasteiger partial charge is 0.374 e. The molecule has 3 nitrogen and oxygen atoms in total. The first-order chi connectivity index (χ1) is 8.85. The average Bonchev–Trinajstić information content (AvgIpc) is 2.46. The maximum absolute atomic E-state index is 5.97. The first-order valence-electron chi connectivity index (χ1n) is 6.97. The molecule has 1 fully saturated rings. The van der Waals surface area contributed by atoms with Gasteiger partial charge < -0.3 is 10.1 Å². The number of hydrogen-bond donors (Lipinski definition) is 1. The zero-order chi connectivity index (χ0) is 12.8. The van der Waals surface area contributed by atoms with E-state index in [1.165, 1.54) is 5.56 Å². The number of nitrogens with one attached hydrogen (secondary N) is 1.